The van der Waals surface area contributed by atoms with Crippen molar-refractivity contribution in [3.05, 3.63) is 52.1 Å². The summed E-state index contributed by atoms with van der Waals surface area (Å²) in [6.07, 6.45) is 2.93. The number of amides is 2. The number of nitrogens with one attached hydrogen (secondary N) is 1. The first-order valence-corrected chi connectivity index (χ1v) is 14.5. The number of fused-ring (bicyclic) bond motifs is 5. The van der Waals surface area contributed by atoms with E-state index in [2.05, 4.69) is 5.32 Å². The quantitative estimate of drug-likeness (QED) is 0.228. The lowest BCUT2D eigenvalue weighted by Crippen LogP contribution is -2.60. The highest BCUT2D eigenvalue weighted by molar-refractivity contribution is 6.34. The molecule has 228 valence electrons. The highest BCUT2D eigenvalue weighted by Crippen LogP contribution is 2.49. The van der Waals surface area contributed by atoms with Crippen LogP contribution in [0.4, 0.5) is 10.5 Å². The SMILES string of the molecule is C/C1=C\C=C\C(C)C2(O)CC(OC(=O)N2)C(C)C2OC2(C)C(OC(=O)CC=O)CC(=O)N(C)c2cc(cc(C)c2Cl)C1. The molecule has 1 aromatic carbocycles. The molecule has 0 aliphatic carbocycles. The van der Waals surface area contributed by atoms with E-state index in [1.807, 2.05) is 58.1 Å². The Morgan fingerprint density at radius 1 is 1.29 bits per heavy atom. The van der Waals surface area contributed by atoms with Gasteiger partial charge in [0.2, 0.25) is 5.91 Å². The molecular formula is C31H39ClN2O8. The van der Waals surface area contributed by atoms with Crippen molar-refractivity contribution < 1.29 is 38.5 Å². The molecule has 3 aliphatic heterocycles. The van der Waals surface area contributed by atoms with E-state index in [9.17, 15) is 24.3 Å². The summed E-state index contributed by atoms with van der Waals surface area (Å²) < 4.78 is 17.3. The van der Waals surface area contributed by atoms with Gasteiger partial charge in [-0.25, -0.2) is 4.79 Å². The van der Waals surface area contributed by atoms with Crippen molar-refractivity contribution in [3.8, 4) is 0 Å². The molecule has 2 N–H and O–H groups in total. The predicted molar refractivity (Wildman–Crippen MR) is 156 cm³/mol. The van der Waals surface area contributed by atoms with Crippen LogP contribution in [0.1, 0.15) is 58.1 Å². The van der Waals surface area contributed by atoms with Gasteiger partial charge in [-0.2, -0.15) is 0 Å². The number of alkyl carbamates (subject to hydrolysis) is 1. The molecule has 0 radical (unpaired) electrons. The average molecular weight is 603 g/mol. The Morgan fingerprint density at radius 2 is 2.00 bits per heavy atom. The zero-order valence-electron chi connectivity index (χ0n) is 24.8. The maximum Gasteiger partial charge on any atom is 0.409 e. The van der Waals surface area contributed by atoms with Gasteiger partial charge in [-0.15, -0.1) is 0 Å². The lowest BCUT2D eigenvalue weighted by molar-refractivity contribution is -0.154. The lowest BCUT2D eigenvalue weighted by Gasteiger charge is -2.41. The van der Waals surface area contributed by atoms with Crippen LogP contribution < -0.4 is 10.2 Å². The summed E-state index contributed by atoms with van der Waals surface area (Å²) in [5, 5.41) is 14.5. The van der Waals surface area contributed by atoms with Gasteiger partial charge >= 0.3 is 12.1 Å². The maximum absolute atomic E-state index is 13.6. The first-order chi connectivity index (χ1) is 19.7. The molecule has 0 spiro atoms. The van der Waals surface area contributed by atoms with Gasteiger partial charge < -0.3 is 29.0 Å². The van der Waals surface area contributed by atoms with Gasteiger partial charge in [-0.3, -0.25) is 14.9 Å². The van der Waals surface area contributed by atoms with Crippen molar-refractivity contribution in [2.45, 2.75) is 89.9 Å². The van der Waals surface area contributed by atoms with E-state index in [-0.39, 0.29) is 18.7 Å². The van der Waals surface area contributed by atoms with E-state index in [0.29, 0.717) is 23.4 Å². The summed E-state index contributed by atoms with van der Waals surface area (Å²) in [6, 6.07) is 3.82. The Kier molecular flexibility index (Phi) is 9.20. The average Bonchev–Trinajstić information content (AvgIpc) is 3.60. The summed E-state index contributed by atoms with van der Waals surface area (Å²) in [6.45, 7) is 9.19. The molecule has 11 heteroatoms. The number of hydrogen-bond acceptors (Lipinski definition) is 8. The molecule has 1 aromatic rings. The van der Waals surface area contributed by atoms with Crippen LogP contribution in [-0.2, 0) is 35.0 Å². The fourth-order valence-corrected chi connectivity index (χ4v) is 6.06. The van der Waals surface area contributed by atoms with Crippen LogP contribution in [0.2, 0.25) is 5.02 Å². The summed E-state index contributed by atoms with van der Waals surface area (Å²) >= 11 is 6.65. The minimum atomic E-state index is -1.57. The molecule has 2 amide bonds. The third kappa shape index (κ3) is 6.55. The number of carbonyl (C=O) groups is 4. The number of aldehydes is 1. The van der Waals surface area contributed by atoms with E-state index in [0.717, 1.165) is 16.7 Å². The molecule has 2 saturated heterocycles. The van der Waals surface area contributed by atoms with Crippen molar-refractivity contribution >= 4 is 41.5 Å². The first-order valence-electron chi connectivity index (χ1n) is 14.1. The largest absolute Gasteiger partial charge is 0.458 e. The van der Waals surface area contributed by atoms with E-state index in [1.165, 1.54) is 4.90 Å². The zero-order valence-corrected chi connectivity index (χ0v) is 25.6. The van der Waals surface area contributed by atoms with Gasteiger partial charge in [0.25, 0.3) is 0 Å². The van der Waals surface area contributed by atoms with Crippen molar-refractivity contribution in [3.63, 3.8) is 0 Å². The smallest absolute Gasteiger partial charge is 0.409 e. The Hall–Kier alpha value is -3.21. The van der Waals surface area contributed by atoms with E-state index < -0.39 is 60.0 Å². The fraction of sp³-hybridized carbons (Fsp3) is 0.548. The number of allylic oxidation sites excluding steroid dienone is 3. The molecule has 7 unspecified atom stereocenters. The molecule has 3 heterocycles. The highest BCUT2D eigenvalue weighted by atomic mass is 35.5. The summed E-state index contributed by atoms with van der Waals surface area (Å²) in [7, 11) is 1.61. The van der Waals surface area contributed by atoms with E-state index >= 15 is 0 Å². The van der Waals surface area contributed by atoms with Gasteiger partial charge in [-0.1, -0.05) is 55.3 Å². The van der Waals surface area contributed by atoms with E-state index in [4.69, 9.17) is 25.8 Å². The Labute approximate surface area is 251 Å². The number of nitrogens with zero attached hydrogens (tertiary/aromatic N) is 1. The number of epoxide rings is 1. The monoisotopic (exact) mass is 602 g/mol. The molecule has 3 aliphatic rings. The zero-order chi connectivity index (χ0) is 31.0. The van der Waals surface area contributed by atoms with Crippen LogP contribution in [0, 0.1) is 18.8 Å². The second kappa shape index (κ2) is 12.2. The summed E-state index contributed by atoms with van der Waals surface area (Å²) in [4.78, 5) is 51.1. The predicted octanol–water partition coefficient (Wildman–Crippen LogP) is 4.18. The van der Waals surface area contributed by atoms with Gasteiger partial charge in [0.05, 0.1) is 23.2 Å². The van der Waals surface area contributed by atoms with Gasteiger partial charge in [0.15, 0.2) is 0 Å². The standard InChI is InChI=1S/C31H39ClN2O8/c1-17-8-7-9-19(3)31(39)16-23(40-29(38)33-31)20(4)28-30(5,42-28)24(41-26(37)10-11-35)15-25(36)34(6)22-14-21(12-17)13-18(2)27(22)32/h7-9,11,13-14,19-20,23-24,28,39H,10,12,15-16H2,1-6H3,(H,33,38)/b9-7+,17-8+. The molecular weight excluding hydrogens is 564 g/mol. The molecule has 42 heavy (non-hydrogen) atoms. The minimum absolute atomic E-state index is 0.0882. The van der Waals surface area contributed by atoms with Crippen molar-refractivity contribution in [1.82, 2.24) is 5.32 Å². The summed E-state index contributed by atoms with van der Waals surface area (Å²) in [5.74, 6) is -2.04. The fourth-order valence-electron chi connectivity index (χ4n) is 5.82. The number of rotatable bonds is 3. The third-order valence-corrected chi connectivity index (χ3v) is 9.10. The minimum Gasteiger partial charge on any atom is -0.458 e. The molecule has 4 rings (SSSR count). The van der Waals surface area contributed by atoms with E-state index in [1.54, 1.807) is 14.0 Å². The Bertz CT molecular complexity index is 1330. The van der Waals surface area contributed by atoms with Crippen LogP contribution in [0.25, 0.3) is 0 Å². The molecule has 4 bridgehead atoms. The van der Waals surface area contributed by atoms with Crippen molar-refractivity contribution in [2.75, 3.05) is 11.9 Å². The number of aryl methyl sites for hydroxylation is 1. The summed E-state index contributed by atoms with van der Waals surface area (Å²) in [5.41, 5.74) is 0.610. The van der Waals surface area contributed by atoms with Crippen LogP contribution in [-0.4, -0.2) is 66.0 Å². The first kappa shape index (κ1) is 31.7. The van der Waals surface area contributed by atoms with Crippen LogP contribution in [0.15, 0.2) is 35.9 Å². The molecule has 7 atom stereocenters. The van der Waals surface area contributed by atoms with Gasteiger partial charge in [-0.05, 0) is 44.4 Å². The van der Waals surface area contributed by atoms with Crippen molar-refractivity contribution in [2.24, 2.45) is 11.8 Å². The second-order valence-electron chi connectivity index (χ2n) is 11.9. The molecule has 2 fully saturated rings. The van der Waals surface area contributed by atoms with Crippen LogP contribution in [0.5, 0.6) is 0 Å². The number of ether oxygens (including phenoxy) is 3. The molecule has 0 saturated carbocycles. The van der Waals surface area contributed by atoms with Crippen LogP contribution in [0.3, 0.4) is 0 Å². The van der Waals surface area contributed by atoms with Crippen LogP contribution >= 0.6 is 11.6 Å². The lowest BCUT2D eigenvalue weighted by atomic mass is 9.82. The number of carbonyl (C=O) groups excluding carboxylic acids is 4. The third-order valence-electron chi connectivity index (χ3n) is 8.61. The Balaban J connectivity index is 1.76. The van der Waals surface area contributed by atoms with Gasteiger partial charge in [0.1, 0.15) is 36.2 Å². The topological polar surface area (TPSA) is 135 Å². The number of hydrogen-bond donors (Lipinski definition) is 2. The normalized spacial score (nSPS) is 35.6. The number of benzene rings is 1. The van der Waals surface area contributed by atoms with Gasteiger partial charge in [0, 0.05) is 25.3 Å². The molecule has 10 nitrogen and oxygen atoms in total. The number of anilines is 1. The number of aliphatic hydroxyl groups is 1. The molecule has 0 aromatic heterocycles. The highest BCUT2D eigenvalue weighted by Gasteiger charge is 2.64. The van der Waals surface area contributed by atoms with Crippen molar-refractivity contribution in [1.29, 1.82) is 0 Å². The number of halogens is 1. The second-order valence-corrected chi connectivity index (χ2v) is 12.3. The number of esters is 1. The Morgan fingerprint density at radius 3 is 2.69 bits per heavy atom. The maximum atomic E-state index is 13.6.